The SMILES string of the molecule is O=C1NC(=S)N(c2ccc(Cl)cc2)C(=O)[C@H]1C=Nc1cccc(O)c1. The van der Waals surface area contributed by atoms with Gasteiger partial charge in [-0.25, -0.2) is 0 Å². The molecule has 0 saturated carbocycles. The molecule has 8 heteroatoms. The minimum atomic E-state index is -1.13. The number of anilines is 1. The molecule has 0 radical (unpaired) electrons. The predicted octanol–water partition coefficient (Wildman–Crippen LogP) is 2.81. The van der Waals surface area contributed by atoms with Gasteiger partial charge in [-0.05, 0) is 48.6 Å². The van der Waals surface area contributed by atoms with Crippen LogP contribution in [0.4, 0.5) is 11.4 Å². The molecule has 0 aromatic heterocycles. The van der Waals surface area contributed by atoms with Crippen molar-refractivity contribution in [2.24, 2.45) is 10.9 Å². The van der Waals surface area contributed by atoms with Gasteiger partial charge >= 0.3 is 0 Å². The molecule has 1 fully saturated rings. The summed E-state index contributed by atoms with van der Waals surface area (Å²) in [5.41, 5.74) is 0.918. The van der Waals surface area contributed by atoms with E-state index in [1.54, 1.807) is 36.4 Å². The Balaban J connectivity index is 1.89. The third-order valence-electron chi connectivity index (χ3n) is 3.49. The Bertz CT molecular complexity index is 883. The first kappa shape index (κ1) is 17.1. The maximum atomic E-state index is 12.7. The molecule has 1 heterocycles. The zero-order valence-corrected chi connectivity index (χ0v) is 14.3. The maximum absolute atomic E-state index is 12.7. The molecule has 126 valence electrons. The number of nitrogens with one attached hydrogen (secondary N) is 1. The van der Waals surface area contributed by atoms with Crippen LogP contribution in [-0.2, 0) is 9.59 Å². The van der Waals surface area contributed by atoms with Crippen LogP contribution in [0.25, 0.3) is 0 Å². The van der Waals surface area contributed by atoms with Crippen LogP contribution >= 0.6 is 23.8 Å². The van der Waals surface area contributed by atoms with Crippen molar-refractivity contribution >= 4 is 58.3 Å². The van der Waals surface area contributed by atoms with Gasteiger partial charge in [0.05, 0.1) is 11.4 Å². The summed E-state index contributed by atoms with van der Waals surface area (Å²) in [6.45, 7) is 0. The smallest absolute Gasteiger partial charge is 0.251 e. The fourth-order valence-electron chi connectivity index (χ4n) is 2.29. The van der Waals surface area contributed by atoms with E-state index in [0.717, 1.165) is 0 Å². The topological polar surface area (TPSA) is 82.0 Å². The Morgan fingerprint density at radius 3 is 2.60 bits per heavy atom. The predicted molar refractivity (Wildman–Crippen MR) is 99.4 cm³/mol. The van der Waals surface area contributed by atoms with Crippen molar-refractivity contribution in [3.8, 4) is 5.75 Å². The second kappa shape index (κ2) is 7.00. The lowest BCUT2D eigenvalue weighted by atomic mass is 10.1. The van der Waals surface area contributed by atoms with Crippen LogP contribution in [-0.4, -0.2) is 28.2 Å². The Hall–Kier alpha value is -2.77. The van der Waals surface area contributed by atoms with Crippen LogP contribution in [0.3, 0.4) is 0 Å². The number of hydrogen-bond donors (Lipinski definition) is 2. The number of rotatable bonds is 3. The molecule has 1 aliphatic heterocycles. The van der Waals surface area contributed by atoms with Gasteiger partial charge in [0.25, 0.3) is 5.91 Å². The summed E-state index contributed by atoms with van der Waals surface area (Å²) < 4.78 is 0. The number of halogens is 1. The van der Waals surface area contributed by atoms with Crippen LogP contribution in [0, 0.1) is 5.92 Å². The number of aromatic hydroxyl groups is 1. The molecule has 6 nitrogen and oxygen atoms in total. The molecule has 2 aromatic carbocycles. The third-order valence-corrected chi connectivity index (χ3v) is 4.03. The standard InChI is InChI=1S/C17H12ClN3O3S/c18-10-4-6-12(7-5-10)21-16(24)14(15(23)20-17(21)25)9-19-11-2-1-3-13(22)8-11/h1-9,14,22H,(H,20,23,25)/t14-/m0/s1. The molecular weight excluding hydrogens is 362 g/mol. The Morgan fingerprint density at radius 2 is 1.92 bits per heavy atom. The fraction of sp³-hybridized carbons (Fsp3) is 0.0588. The average Bonchev–Trinajstić information content (AvgIpc) is 2.56. The van der Waals surface area contributed by atoms with E-state index in [4.69, 9.17) is 23.8 Å². The quantitative estimate of drug-likeness (QED) is 0.492. The number of phenolic OH excluding ortho intramolecular Hbond substituents is 1. The molecule has 1 aliphatic rings. The Labute approximate surface area is 153 Å². The summed E-state index contributed by atoms with van der Waals surface area (Å²) in [6.07, 6.45) is 1.23. The minimum absolute atomic E-state index is 0.000622. The van der Waals surface area contributed by atoms with E-state index in [2.05, 4.69) is 10.3 Å². The number of hydrogen-bond acceptors (Lipinski definition) is 5. The fourth-order valence-corrected chi connectivity index (χ4v) is 2.71. The second-order valence-corrected chi connectivity index (χ2v) is 6.04. The van der Waals surface area contributed by atoms with E-state index >= 15 is 0 Å². The molecule has 25 heavy (non-hydrogen) atoms. The van der Waals surface area contributed by atoms with Gasteiger partial charge in [0.2, 0.25) is 5.91 Å². The number of carbonyl (C=O) groups is 2. The van der Waals surface area contributed by atoms with Gasteiger partial charge in [0.15, 0.2) is 11.0 Å². The maximum Gasteiger partial charge on any atom is 0.251 e. The number of carbonyl (C=O) groups excluding carboxylic acids is 2. The Kier molecular flexibility index (Phi) is 4.78. The van der Waals surface area contributed by atoms with Gasteiger partial charge in [-0.15, -0.1) is 0 Å². The monoisotopic (exact) mass is 373 g/mol. The number of thiocarbonyl (C=S) groups is 1. The van der Waals surface area contributed by atoms with Crippen molar-refractivity contribution in [2.75, 3.05) is 4.90 Å². The highest BCUT2D eigenvalue weighted by atomic mass is 35.5. The highest BCUT2D eigenvalue weighted by Crippen LogP contribution is 2.23. The van der Waals surface area contributed by atoms with Gasteiger partial charge in [0.1, 0.15) is 5.75 Å². The van der Waals surface area contributed by atoms with Gasteiger partial charge in [-0.1, -0.05) is 17.7 Å². The third kappa shape index (κ3) is 3.67. The lowest BCUT2D eigenvalue weighted by Crippen LogP contribution is -2.58. The Morgan fingerprint density at radius 1 is 1.20 bits per heavy atom. The molecule has 2 N–H and O–H groups in total. The zero-order chi connectivity index (χ0) is 18.0. The number of phenols is 1. The first-order chi connectivity index (χ1) is 12.0. The van der Waals surface area contributed by atoms with E-state index in [0.29, 0.717) is 16.4 Å². The lowest BCUT2D eigenvalue weighted by Gasteiger charge is -2.30. The van der Waals surface area contributed by atoms with Crippen molar-refractivity contribution in [1.29, 1.82) is 0 Å². The zero-order valence-electron chi connectivity index (χ0n) is 12.7. The van der Waals surface area contributed by atoms with Crippen molar-refractivity contribution < 1.29 is 14.7 Å². The normalized spacial score (nSPS) is 17.9. The molecule has 2 aromatic rings. The summed E-state index contributed by atoms with van der Waals surface area (Å²) in [4.78, 5) is 30.2. The molecule has 3 rings (SSSR count). The van der Waals surface area contributed by atoms with Crippen molar-refractivity contribution in [2.45, 2.75) is 0 Å². The molecule has 0 spiro atoms. The van der Waals surface area contributed by atoms with Crippen LogP contribution in [0.1, 0.15) is 0 Å². The van der Waals surface area contributed by atoms with Crippen LogP contribution in [0.5, 0.6) is 5.75 Å². The van der Waals surface area contributed by atoms with Crippen LogP contribution in [0.2, 0.25) is 5.02 Å². The van der Waals surface area contributed by atoms with E-state index in [1.165, 1.54) is 23.2 Å². The molecule has 0 bridgehead atoms. The van der Waals surface area contributed by atoms with E-state index < -0.39 is 17.7 Å². The highest BCUT2D eigenvalue weighted by molar-refractivity contribution is 7.80. The summed E-state index contributed by atoms with van der Waals surface area (Å²) in [5, 5.41) is 12.5. The van der Waals surface area contributed by atoms with Gasteiger partial charge < -0.3 is 10.4 Å². The molecular formula is C17H12ClN3O3S. The van der Waals surface area contributed by atoms with Crippen molar-refractivity contribution in [1.82, 2.24) is 5.32 Å². The number of benzene rings is 2. The summed E-state index contributed by atoms with van der Waals surface area (Å²) >= 11 is 11.0. The van der Waals surface area contributed by atoms with Crippen molar-refractivity contribution in [3.05, 3.63) is 53.6 Å². The first-order valence-corrected chi connectivity index (χ1v) is 8.02. The van der Waals surface area contributed by atoms with Crippen molar-refractivity contribution in [3.63, 3.8) is 0 Å². The summed E-state index contributed by atoms with van der Waals surface area (Å²) in [6, 6.07) is 12.7. The van der Waals surface area contributed by atoms with Crippen LogP contribution in [0.15, 0.2) is 53.5 Å². The number of aliphatic imine (C=N–C) groups is 1. The highest BCUT2D eigenvalue weighted by Gasteiger charge is 2.38. The lowest BCUT2D eigenvalue weighted by molar-refractivity contribution is -0.130. The molecule has 1 atom stereocenters. The van der Waals surface area contributed by atoms with E-state index in [9.17, 15) is 14.7 Å². The summed E-state index contributed by atoms with van der Waals surface area (Å²) in [7, 11) is 0. The average molecular weight is 374 g/mol. The largest absolute Gasteiger partial charge is 0.508 e. The van der Waals surface area contributed by atoms with Gasteiger partial charge in [-0.2, -0.15) is 0 Å². The summed E-state index contributed by atoms with van der Waals surface area (Å²) in [5.74, 6) is -2.16. The van der Waals surface area contributed by atoms with Gasteiger partial charge in [-0.3, -0.25) is 19.5 Å². The van der Waals surface area contributed by atoms with Crippen LogP contribution < -0.4 is 10.2 Å². The molecule has 1 saturated heterocycles. The number of nitrogens with zero attached hydrogens (tertiary/aromatic N) is 2. The minimum Gasteiger partial charge on any atom is -0.508 e. The van der Waals surface area contributed by atoms with E-state index in [1.807, 2.05) is 0 Å². The molecule has 2 amide bonds. The molecule has 0 unspecified atom stereocenters. The number of amides is 2. The second-order valence-electron chi connectivity index (χ2n) is 5.22. The molecule has 0 aliphatic carbocycles. The van der Waals surface area contributed by atoms with Gasteiger partial charge in [0, 0.05) is 17.3 Å². The van der Waals surface area contributed by atoms with E-state index in [-0.39, 0.29) is 10.9 Å². The first-order valence-electron chi connectivity index (χ1n) is 7.23.